The standard InChI is InChI=1S/C22H18Cl4N2O3S/c1-14-2-6-17(7-3-14)32(30,31)28(12-15-4-8-18(24)20(26)10-15)13-22(29)27-21-11-16(23)5-9-19(21)25/h2-11H,12-13H2,1H3,(H,27,29). The van der Waals surface area contributed by atoms with Crippen molar-refractivity contribution in [1.29, 1.82) is 0 Å². The molecule has 0 bridgehead atoms. The van der Waals surface area contributed by atoms with Crippen molar-refractivity contribution in [3.05, 3.63) is 91.9 Å². The van der Waals surface area contributed by atoms with Crippen LogP contribution in [0.1, 0.15) is 11.1 Å². The molecule has 0 atom stereocenters. The van der Waals surface area contributed by atoms with Crippen molar-refractivity contribution in [3.63, 3.8) is 0 Å². The van der Waals surface area contributed by atoms with E-state index in [-0.39, 0.29) is 27.2 Å². The Morgan fingerprint density at radius 1 is 0.875 bits per heavy atom. The van der Waals surface area contributed by atoms with Gasteiger partial charge in [0.1, 0.15) is 0 Å². The fourth-order valence-corrected chi connectivity index (χ4v) is 4.91. The van der Waals surface area contributed by atoms with Crippen LogP contribution < -0.4 is 5.32 Å². The smallest absolute Gasteiger partial charge is 0.243 e. The van der Waals surface area contributed by atoms with Crippen molar-refractivity contribution in [2.24, 2.45) is 0 Å². The molecule has 168 valence electrons. The Kier molecular flexibility index (Phi) is 8.09. The minimum atomic E-state index is -4.01. The SMILES string of the molecule is Cc1ccc(S(=O)(=O)N(CC(=O)Nc2cc(Cl)ccc2Cl)Cc2ccc(Cl)c(Cl)c2)cc1. The molecule has 10 heteroatoms. The zero-order valence-corrected chi connectivity index (χ0v) is 20.6. The number of nitrogens with zero attached hydrogens (tertiary/aromatic N) is 1. The molecule has 0 unspecified atom stereocenters. The van der Waals surface area contributed by atoms with E-state index in [9.17, 15) is 13.2 Å². The van der Waals surface area contributed by atoms with Crippen molar-refractivity contribution in [3.8, 4) is 0 Å². The Bertz CT molecular complexity index is 1250. The van der Waals surface area contributed by atoms with Gasteiger partial charge in [0.2, 0.25) is 15.9 Å². The third-order valence-electron chi connectivity index (χ3n) is 4.52. The minimum Gasteiger partial charge on any atom is -0.324 e. The molecular formula is C22H18Cl4N2O3S. The van der Waals surface area contributed by atoms with Gasteiger partial charge in [-0.3, -0.25) is 4.79 Å². The number of hydrogen-bond acceptors (Lipinski definition) is 3. The van der Waals surface area contributed by atoms with Gasteiger partial charge in [-0.05, 0) is 55.0 Å². The Labute approximate surface area is 206 Å². The van der Waals surface area contributed by atoms with Crippen molar-refractivity contribution in [1.82, 2.24) is 4.31 Å². The lowest BCUT2D eigenvalue weighted by molar-refractivity contribution is -0.116. The molecule has 1 amide bonds. The highest BCUT2D eigenvalue weighted by atomic mass is 35.5. The second-order valence-corrected chi connectivity index (χ2v) is 10.6. The normalized spacial score (nSPS) is 11.6. The number of carbonyl (C=O) groups excluding carboxylic acids is 1. The van der Waals surface area contributed by atoms with Crippen LogP contribution in [0.3, 0.4) is 0 Å². The Morgan fingerprint density at radius 3 is 2.19 bits per heavy atom. The molecule has 0 spiro atoms. The van der Waals surface area contributed by atoms with Gasteiger partial charge in [0, 0.05) is 11.6 Å². The maximum atomic E-state index is 13.3. The summed E-state index contributed by atoms with van der Waals surface area (Å²) in [6, 6.07) is 15.8. The van der Waals surface area contributed by atoms with Crippen LogP contribution in [0.4, 0.5) is 5.69 Å². The third kappa shape index (κ3) is 6.16. The molecule has 0 saturated heterocycles. The molecule has 3 aromatic rings. The molecular weight excluding hydrogens is 514 g/mol. The van der Waals surface area contributed by atoms with Crippen molar-refractivity contribution in [2.75, 3.05) is 11.9 Å². The first-order valence-corrected chi connectivity index (χ1v) is 12.3. The number of benzene rings is 3. The number of nitrogens with one attached hydrogen (secondary N) is 1. The molecule has 0 heterocycles. The summed E-state index contributed by atoms with van der Waals surface area (Å²) < 4.78 is 27.8. The van der Waals surface area contributed by atoms with Gasteiger partial charge in [-0.25, -0.2) is 8.42 Å². The molecule has 0 saturated carbocycles. The quantitative estimate of drug-likeness (QED) is 0.381. The van der Waals surface area contributed by atoms with Gasteiger partial charge in [-0.2, -0.15) is 4.31 Å². The van der Waals surface area contributed by atoms with Crippen molar-refractivity contribution < 1.29 is 13.2 Å². The van der Waals surface area contributed by atoms with Gasteiger partial charge in [-0.15, -0.1) is 0 Å². The first-order valence-electron chi connectivity index (χ1n) is 9.32. The van der Waals surface area contributed by atoms with Crippen LogP contribution in [0, 0.1) is 6.92 Å². The van der Waals surface area contributed by atoms with E-state index in [1.54, 1.807) is 36.4 Å². The fourth-order valence-electron chi connectivity index (χ4n) is 2.87. The largest absolute Gasteiger partial charge is 0.324 e. The minimum absolute atomic E-state index is 0.0664. The van der Waals surface area contributed by atoms with Gasteiger partial charge in [0.05, 0.1) is 32.2 Å². The molecule has 0 fully saturated rings. The number of hydrogen-bond donors (Lipinski definition) is 1. The lowest BCUT2D eigenvalue weighted by Crippen LogP contribution is -2.37. The van der Waals surface area contributed by atoms with Crippen LogP contribution >= 0.6 is 46.4 Å². The number of amides is 1. The average molecular weight is 532 g/mol. The predicted molar refractivity (Wildman–Crippen MR) is 130 cm³/mol. The maximum Gasteiger partial charge on any atom is 0.243 e. The first-order chi connectivity index (χ1) is 15.1. The summed E-state index contributed by atoms with van der Waals surface area (Å²) in [4.78, 5) is 12.8. The summed E-state index contributed by atoms with van der Waals surface area (Å²) in [5, 5.41) is 3.90. The van der Waals surface area contributed by atoms with E-state index >= 15 is 0 Å². The summed E-state index contributed by atoms with van der Waals surface area (Å²) in [6.45, 7) is 1.30. The number of halogens is 4. The summed E-state index contributed by atoms with van der Waals surface area (Å²) in [6.07, 6.45) is 0. The monoisotopic (exact) mass is 530 g/mol. The van der Waals surface area contributed by atoms with E-state index in [2.05, 4.69) is 5.32 Å². The molecule has 1 N–H and O–H groups in total. The molecule has 0 aromatic heterocycles. The summed E-state index contributed by atoms with van der Waals surface area (Å²) in [5.74, 6) is -0.579. The number of carbonyl (C=O) groups is 1. The zero-order chi connectivity index (χ0) is 23.5. The van der Waals surface area contributed by atoms with E-state index in [1.165, 1.54) is 24.3 Å². The average Bonchev–Trinajstić information content (AvgIpc) is 2.73. The van der Waals surface area contributed by atoms with E-state index < -0.39 is 22.5 Å². The predicted octanol–water partition coefficient (Wildman–Crippen LogP) is 6.44. The fraction of sp³-hybridized carbons (Fsp3) is 0.136. The van der Waals surface area contributed by atoms with Crippen LogP contribution in [-0.2, 0) is 21.4 Å². The number of rotatable bonds is 7. The molecule has 0 aliphatic rings. The highest BCUT2D eigenvalue weighted by Gasteiger charge is 2.27. The first kappa shape index (κ1) is 24.8. The van der Waals surface area contributed by atoms with Gasteiger partial charge in [0.15, 0.2) is 0 Å². The van der Waals surface area contributed by atoms with Crippen LogP contribution in [0.15, 0.2) is 65.6 Å². The molecule has 0 aliphatic heterocycles. The lowest BCUT2D eigenvalue weighted by Gasteiger charge is -2.22. The van der Waals surface area contributed by atoms with Gasteiger partial charge >= 0.3 is 0 Å². The van der Waals surface area contributed by atoms with Crippen molar-refractivity contribution in [2.45, 2.75) is 18.4 Å². The van der Waals surface area contributed by atoms with Gasteiger partial charge < -0.3 is 5.32 Å². The highest BCUT2D eigenvalue weighted by Crippen LogP contribution is 2.27. The van der Waals surface area contributed by atoms with Crippen LogP contribution in [0.5, 0.6) is 0 Å². The zero-order valence-electron chi connectivity index (χ0n) is 16.8. The maximum absolute atomic E-state index is 13.3. The molecule has 3 aromatic carbocycles. The van der Waals surface area contributed by atoms with E-state index in [4.69, 9.17) is 46.4 Å². The van der Waals surface area contributed by atoms with Gasteiger partial charge in [0.25, 0.3) is 0 Å². The Hall–Kier alpha value is -1.80. The second-order valence-electron chi connectivity index (χ2n) is 7.01. The van der Waals surface area contributed by atoms with Crippen LogP contribution in [0.25, 0.3) is 0 Å². The Morgan fingerprint density at radius 2 is 1.53 bits per heavy atom. The van der Waals surface area contributed by atoms with Crippen molar-refractivity contribution >= 4 is 68.0 Å². The third-order valence-corrected chi connectivity index (χ3v) is 7.63. The molecule has 3 rings (SSSR count). The molecule has 0 aliphatic carbocycles. The second kappa shape index (κ2) is 10.4. The van der Waals surface area contributed by atoms with Crippen LogP contribution in [-0.4, -0.2) is 25.2 Å². The summed E-state index contributed by atoms with van der Waals surface area (Å²) in [5.41, 5.74) is 1.77. The topological polar surface area (TPSA) is 66.5 Å². The number of aryl methyl sites for hydroxylation is 1. The summed E-state index contributed by atoms with van der Waals surface area (Å²) >= 11 is 24.1. The Balaban J connectivity index is 1.92. The van der Waals surface area contributed by atoms with E-state index in [0.29, 0.717) is 15.6 Å². The van der Waals surface area contributed by atoms with Crippen LogP contribution in [0.2, 0.25) is 20.1 Å². The molecule has 0 radical (unpaired) electrons. The molecule has 5 nitrogen and oxygen atoms in total. The number of anilines is 1. The molecule has 32 heavy (non-hydrogen) atoms. The van der Waals surface area contributed by atoms with E-state index in [0.717, 1.165) is 9.87 Å². The van der Waals surface area contributed by atoms with Gasteiger partial charge in [-0.1, -0.05) is 70.2 Å². The van der Waals surface area contributed by atoms with E-state index in [1.807, 2.05) is 6.92 Å². The lowest BCUT2D eigenvalue weighted by atomic mass is 10.2. The number of sulfonamides is 1. The summed E-state index contributed by atoms with van der Waals surface area (Å²) in [7, 11) is -4.01. The highest BCUT2D eigenvalue weighted by molar-refractivity contribution is 7.89.